The second kappa shape index (κ2) is 5.71. The van der Waals surface area contributed by atoms with Crippen LogP contribution in [0, 0.1) is 5.92 Å². The summed E-state index contributed by atoms with van der Waals surface area (Å²) in [5.74, 6) is 1.63. The van der Waals surface area contributed by atoms with Gasteiger partial charge in [0.1, 0.15) is 5.82 Å². The maximum absolute atomic E-state index is 4.49. The van der Waals surface area contributed by atoms with Crippen LogP contribution in [0.2, 0.25) is 0 Å². The fourth-order valence-electron chi connectivity index (χ4n) is 1.67. The van der Waals surface area contributed by atoms with E-state index < -0.39 is 0 Å². The van der Waals surface area contributed by atoms with E-state index >= 15 is 0 Å². The van der Waals surface area contributed by atoms with Crippen LogP contribution in [0.3, 0.4) is 0 Å². The molecule has 0 saturated carbocycles. The van der Waals surface area contributed by atoms with Gasteiger partial charge < -0.3 is 10.2 Å². The Hall–Kier alpha value is -1.09. The first kappa shape index (κ1) is 12.0. The smallest absolute Gasteiger partial charge is 0.126 e. The molecule has 0 aliphatic rings. The second-order valence-corrected chi connectivity index (χ2v) is 4.35. The van der Waals surface area contributed by atoms with E-state index in [-0.39, 0.29) is 0 Å². The Balaban J connectivity index is 2.55. The van der Waals surface area contributed by atoms with Crippen LogP contribution >= 0.6 is 0 Å². The van der Waals surface area contributed by atoms with Crippen molar-refractivity contribution in [2.24, 2.45) is 5.92 Å². The highest BCUT2D eigenvalue weighted by atomic mass is 15.1. The van der Waals surface area contributed by atoms with Crippen LogP contribution in [0.25, 0.3) is 0 Å². The molecule has 1 rings (SSSR count). The Labute approximate surface area is 92.5 Å². The molecule has 0 fully saturated rings. The lowest BCUT2D eigenvalue weighted by Gasteiger charge is -2.18. The maximum Gasteiger partial charge on any atom is 0.126 e. The summed E-state index contributed by atoms with van der Waals surface area (Å²) in [5, 5.41) is 3.05. The molecule has 3 heteroatoms. The summed E-state index contributed by atoms with van der Waals surface area (Å²) in [6, 6.07) is 6.08. The summed E-state index contributed by atoms with van der Waals surface area (Å²) in [6.07, 6.45) is 0. The average molecular weight is 207 g/mol. The van der Waals surface area contributed by atoms with Gasteiger partial charge in [-0.3, -0.25) is 0 Å². The van der Waals surface area contributed by atoms with E-state index in [1.807, 2.05) is 19.2 Å². The predicted octanol–water partition coefficient (Wildman–Crippen LogP) is 2.21. The van der Waals surface area contributed by atoms with Crippen molar-refractivity contribution < 1.29 is 0 Å². The standard InChI is InChI=1S/C12H21N3/c1-10(2)8-15(4)9-11-6-5-7-12(13-3)14-11/h5-7,10H,8-9H2,1-4H3,(H,13,14). The van der Waals surface area contributed by atoms with Gasteiger partial charge in [-0.05, 0) is 25.1 Å². The second-order valence-electron chi connectivity index (χ2n) is 4.35. The molecule has 1 aromatic heterocycles. The maximum atomic E-state index is 4.49. The third-order valence-corrected chi connectivity index (χ3v) is 2.17. The molecule has 0 bridgehead atoms. The molecular weight excluding hydrogens is 186 g/mol. The van der Waals surface area contributed by atoms with Crippen molar-refractivity contribution in [3.05, 3.63) is 23.9 Å². The molecule has 3 nitrogen and oxygen atoms in total. The van der Waals surface area contributed by atoms with Crippen molar-refractivity contribution in [3.8, 4) is 0 Å². The predicted molar refractivity (Wildman–Crippen MR) is 65.0 cm³/mol. The molecule has 0 aliphatic heterocycles. The Bertz CT molecular complexity index is 297. The van der Waals surface area contributed by atoms with Gasteiger partial charge >= 0.3 is 0 Å². The highest BCUT2D eigenvalue weighted by molar-refractivity contribution is 5.34. The molecule has 0 unspecified atom stereocenters. The van der Waals surface area contributed by atoms with Gasteiger partial charge in [0.15, 0.2) is 0 Å². The number of rotatable bonds is 5. The van der Waals surface area contributed by atoms with Gasteiger partial charge in [0, 0.05) is 20.1 Å². The van der Waals surface area contributed by atoms with E-state index in [0.717, 1.165) is 24.6 Å². The van der Waals surface area contributed by atoms with Crippen molar-refractivity contribution in [2.75, 3.05) is 26.0 Å². The highest BCUT2D eigenvalue weighted by Crippen LogP contribution is 2.07. The normalized spacial score (nSPS) is 11.1. The lowest BCUT2D eigenvalue weighted by Crippen LogP contribution is -2.23. The number of anilines is 1. The van der Waals surface area contributed by atoms with Gasteiger partial charge in [0.25, 0.3) is 0 Å². The zero-order valence-electron chi connectivity index (χ0n) is 10.1. The molecule has 1 heterocycles. The monoisotopic (exact) mass is 207 g/mol. The average Bonchev–Trinajstić information content (AvgIpc) is 2.16. The van der Waals surface area contributed by atoms with E-state index in [2.05, 4.69) is 42.2 Å². The Morgan fingerprint density at radius 3 is 2.73 bits per heavy atom. The minimum atomic E-state index is 0.697. The van der Waals surface area contributed by atoms with Crippen molar-refractivity contribution in [3.63, 3.8) is 0 Å². The minimum absolute atomic E-state index is 0.697. The van der Waals surface area contributed by atoms with Gasteiger partial charge in [0.05, 0.1) is 5.69 Å². The molecule has 0 aliphatic carbocycles. The summed E-state index contributed by atoms with van der Waals surface area (Å²) >= 11 is 0. The minimum Gasteiger partial charge on any atom is -0.373 e. The fourth-order valence-corrected chi connectivity index (χ4v) is 1.67. The van der Waals surface area contributed by atoms with E-state index in [0.29, 0.717) is 5.92 Å². The Morgan fingerprint density at radius 1 is 1.40 bits per heavy atom. The molecular formula is C12H21N3. The van der Waals surface area contributed by atoms with Crippen LogP contribution in [-0.4, -0.2) is 30.5 Å². The van der Waals surface area contributed by atoms with E-state index in [9.17, 15) is 0 Å². The van der Waals surface area contributed by atoms with E-state index in [1.54, 1.807) is 0 Å². The summed E-state index contributed by atoms with van der Waals surface area (Å²) in [4.78, 5) is 6.78. The van der Waals surface area contributed by atoms with Crippen LogP contribution in [0.5, 0.6) is 0 Å². The van der Waals surface area contributed by atoms with Crippen LogP contribution in [-0.2, 0) is 6.54 Å². The van der Waals surface area contributed by atoms with Crippen LogP contribution in [0.4, 0.5) is 5.82 Å². The SMILES string of the molecule is CNc1cccc(CN(C)CC(C)C)n1. The van der Waals surface area contributed by atoms with Crippen molar-refractivity contribution in [1.29, 1.82) is 0 Å². The molecule has 0 spiro atoms. The van der Waals surface area contributed by atoms with Crippen molar-refractivity contribution >= 4 is 5.82 Å². The first-order valence-corrected chi connectivity index (χ1v) is 5.44. The van der Waals surface area contributed by atoms with Gasteiger partial charge in [-0.15, -0.1) is 0 Å². The number of pyridine rings is 1. The fraction of sp³-hybridized carbons (Fsp3) is 0.583. The summed E-state index contributed by atoms with van der Waals surface area (Å²) in [7, 11) is 4.03. The summed E-state index contributed by atoms with van der Waals surface area (Å²) in [6.45, 7) is 6.47. The summed E-state index contributed by atoms with van der Waals surface area (Å²) in [5.41, 5.74) is 1.12. The number of nitrogens with one attached hydrogen (secondary N) is 1. The Kier molecular flexibility index (Phi) is 4.56. The molecule has 0 saturated heterocycles. The highest BCUT2D eigenvalue weighted by Gasteiger charge is 2.04. The molecule has 1 N–H and O–H groups in total. The first-order valence-electron chi connectivity index (χ1n) is 5.44. The number of hydrogen-bond donors (Lipinski definition) is 1. The molecule has 0 atom stereocenters. The lowest BCUT2D eigenvalue weighted by molar-refractivity contribution is 0.285. The molecule has 0 amide bonds. The van der Waals surface area contributed by atoms with Crippen LogP contribution < -0.4 is 5.32 Å². The summed E-state index contributed by atoms with van der Waals surface area (Å²) < 4.78 is 0. The topological polar surface area (TPSA) is 28.2 Å². The zero-order chi connectivity index (χ0) is 11.3. The lowest BCUT2D eigenvalue weighted by atomic mass is 10.2. The van der Waals surface area contributed by atoms with Gasteiger partial charge in [-0.25, -0.2) is 4.98 Å². The third-order valence-electron chi connectivity index (χ3n) is 2.17. The molecule has 0 radical (unpaired) electrons. The van der Waals surface area contributed by atoms with E-state index in [4.69, 9.17) is 0 Å². The van der Waals surface area contributed by atoms with Gasteiger partial charge in [-0.1, -0.05) is 19.9 Å². The molecule has 0 aromatic carbocycles. The van der Waals surface area contributed by atoms with Crippen molar-refractivity contribution in [2.45, 2.75) is 20.4 Å². The number of aromatic nitrogens is 1. The van der Waals surface area contributed by atoms with Gasteiger partial charge in [0.2, 0.25) is 0 Å². The third kappa shape index (κ3) is 4.30. The quantitative estimate of drug-likeness (QED) is 0.802. The first-order chi connectivity index (χ1) is 7.11. The van der Waals surface area contributed by atoms with Crippen LogP contribution in [0.1, 0.15) is 19.5 Å². The molecule has 84 valence electrons. The van der Waals surface area contributed by atoms with Crippen LogP contribution in [0.15, 0.2) is 18.2 Å². The van der Waals surface area contributed by atoms with Crippen molar-refractivity contribution in [1.82, 2.24) is 9.88 Å². The largest absolute Gasteiger partial charge is 0.373 e. The number of nitrogens with zero attached hydrogens (tertiary/aromatic N) is 2. The molecule has 15 heavy (non-hydrogen) atoms. The van der Waals surface area contributed by atoms with Gasteiger partial charge in [-0.2, -0.15) is 0 Å². The van der Waals surface area contributed by atoms with E-state index in [1.165, 1.54) is 0 Å². The number of hydrogen-bond acceptors (Lipinski definition) is 3. The molecule has 1 aromatic rings. The Morgan fingerprint density at radius 2 is 2.13 bits per heavy atom. The zero-order valence-corrected chi connectivity index (χ0v) is 10.1.